The number of carbonyl (C=O) groups excluding carboxylic acids is 1. The molecule has 8 nitrogen and oxygen atoms in total. The molecule has 1 fully saturated rings. The van der Waals surface area contributed by atoms with Crippen molar-refractivity contribution in [3.05, 3.63) is 17.5 Å². The molecule has 2 aromatic rings. The highest BCUT2D eigenvalue weighted by atomic mass is 32.2. The normalized spacial score (nSPS) is 17.6. The van der Waals surface area contributed by atoms with E-state index in [2.05, 4.69) is 15.5 Å². The molecule has 1 amide bonds. The van der Waals surface area contributed by atoms with Crippen LogP contribution in [0.3, 0.4) is 0 Å². The predicted molar refractivity (Wildman–Crippen MR) is 112 cm³/mol. The second kappa shape index (κ2) is 10.2. The third kappa shape index (κ3) is 6.03. The number of thiophene rings is 1. The van der Waals surface area contributed by atoms with Crippen molar-refractivity contribution in [3.8, 4) is 10.7 Å². The smallest absolute Gasteiger partial charge is 0.326 e. The van der Waals surface area contributed by atoms with Crippen LogP contribution in [0.5, 0.6) is 0 Å². The zero-order valence-electron chi connectivity index (χ0n) is 16.5. The fourth-order valence-corrected chi connectivity index (χ4v) is 4.68. The van der Waals surface area contributed by atoms with Crippen LogP contribution in [0, 0.1) is 5.92 Å². The van der Waals surface area contributed by atoms with Crippen LogP contribution in [0.25, 0.3) is 10.7 Å². The van der Waals surface area contributed by atoms with Gasteiger partial charge in [-0.2, -0.15) is 0 Å². The summed E-state index contributed by atoms with van der Waals surface area (Å²) in [5.74, 6) is -0.324. The predicted octanol–water partition coefficient (Wildman–Crippen LogP) is 2.89. The monoisotopic (exact) mass is 438 g/mol. The summed E-state index contributed by atoms with van der Waals surface area (Å²) in [4.78, 5) is 24.7. The summed E-state index contributed by atoms with van der Waals surface area (Å²) in [7, 11) is 0. The summed E-state index contributed by atoms with van der Waals surface area (Å²) >= 11 is 2.85. The standard InChI is InChI=1S/C19H26N4O4S2/c1-12(2)9-14(18(25)26)20-16(24)11-29-19-22-21-17(15-6-4-8-28-15)23(19)10-13-5-3-7-27-13/h4,6,8,12-14H,3,5,7,9-11H2,1-2H3,(H,20,24)(H,25,26)/t13-,14+/m1/s1. The van der Waals surface area contributed by atoms with E-state index in [1.165, 1.54) is 11.8 Å². The average Bonchev–Trinajstić information content (AvgIpc) is 3.41. The number of aliphatic carboxylic acids is 1. The molecule has 2 aromatic heterocycles. The molecular weight excluding hydrogens is 412 g/mol. The Morgan fingerprint density at radius 3 is 2.90 bits per heavy atom. The minimum absolute atomic E-state index is 0.0793. The van der Waals surface area contributed by atoms with E-state index in [-0.39, 0.29) is 23.7 Å². The molecular formula is C19H26N4O4S2. The van der Waals surface area contributed by atoms with E-state index < -0.39 is 12.0 Å². The number of ether oxygens (including phenoxy) is 1. The highest BCUT2D eigenvalue weighted by molar-refractivity contribution is 7.99. The lowest BCUT2D eigenvalue weighted by Gasteiger charge is -2.17. The highest BCUT2D eigenvalue weighted by Gasteiger charge is 2.24. The first-order valence-corrected chi connectivity index (χ1v) is 11.5. The molecule has 1 saturated heterocycles. The van der Waals surface area contributed by atoms with Gasteiger partial charge in [0.2, 0.25) is 5.91 Å². The summed E-state index contributed by atoms with van der Waals surface area (Å²) in [5.41, 5.74) is 0. The van der Waals surface area contributed by atoms with E-state index in [0.717, 1.165) is 30.2 Å². The molecule has 2 N–H and O–H groups in total. The summed E-state index contributed by atoms with van der Waals surface area (Å²) in [5, 5.41) is 23.1. The van der Waals surface area contributed by atoms with Crippen molar-refractivity contribution in [3.63, 3.8) is 0 Å². The number of nitrogens with one attached hydrogen (secondary N) is 1. The summed E-state index contributed by atoms with van der Waals surface area (Å²) in [6, 6.07) is 3.08. The molecule has 3 rings (SSSR count). The first kappa shape index (κ1) is 21.8. The van der Waals surface area contributed by atoms with Gasteiger partial charge in [-0.25, -0.2) is 4.79 Å². The Morgan fingerprint density at radius 1 is 1.45 bits per heavy atom. The Balaban J connectivity index is 1.68. The fourth-order valence-electron chi connectivity index (χ4n) is 3.20. The van der Waals surface area contributed by atoms with E-state index in [0.29, 0.717) is 18.1 Å². The zero-order valence-corrected chi connectivity index (χ0v) is 18.2. The quantitative estimate of drug-likeness (QED) is 0.549. The van der Waals surface area contributed by atoms with Gasteiger partial charge in [-0.3, -0.25) is 9.36 Å². The molecule has 29 heavy (non-hydrogen) atoms. The van der Waals surface area contributed by atoms with Gasteiger partial charge >= 0.3 is 5.97 Å². The number of hydrogen-bond acceptors (Lipinski definition) is 7. The Bertz CT molecular complexity index is 816. The van der Waals surface area contributed by atoms with E-state index in [1.807, 2.05) is 35.9 Å². The molecule has 0 saturated carbocycles. The van der Waals surface area contributed by atoms with Crippen LogP contribution in [0.2, 0.25) is 0 Å². The van der Waals surface area contributed by atoms with Crippen LogP contribution in [-0.2, 0) is 20.9 Å². The maximum Gasteiger partial charge on any atom is 0.326 e. The average molecular weight is 439 g/mol. The van der Waals surface area contributed by atoms with Crippen LogP contribution < -0.4 is 5.32 Å². The summed E-state index contributed by atoms with van der Waals surface area (Å²) < 4.78 is 7.77. The summed E-state index contributed by atoms with van der Waals surface area (Å²) in [6.07, 6.45) is 2.53. The molecule has 0 radical (unpaired) electrons. The van der Waals surface area contributed by atoms with Crippen molar-refractivity contribution >= 4 is 35.0 Å². The molecule has 0 aliphatic carbocycles. The van der Waals surface area contributed by atoms with Crippen molar-refractivity contribution in [2.45, 2.75) is 57.0 Å². The van der Waals surface area contributed by atoms with E-state index >= 15 is 0 Å². The first-order valence-electron chi connectivity index (χ1n) is 9.67. The number of carboxylic acids is 1. The maximum atomic E-state index is 12.3. The van der Waals surface area contributed by atoms with Crippen LogP contribution in [0.15, 0.2) is 22.7 Å². The molecule has 1 aliphatic heterocycles. The van der Waals surface area contributed by atoms with Gasteiger partial charge in [0.15, 0.2) is 11.0 Å². The molecule has 0 bridgehead atoms. The number of thioether (sulfide) groups is 1. The van der Waals surface area contributed by atoms with E-state index in [9.17, 15) is 14.7 Å². The topological polar surface area (TPSA) is 106 Å². The second-order valence-electron chi connectivity index (χ2n) is 7.41. The SMILES string of the molecule is CC(C)C[C@H](NC(=O)CSc1nnc(-c2cccs2)n1C[C@H]1CCCO1)C(=O)O. The van der Waals surface area contributed by atoms with Crippen LogP contribution in [-0.4, -0.2) is 56.3 Å². The van der Waals surface area contributed by atoms with Crippen LogP contribution in [0.4, 0.5) is 0 Å². The van der Waals surface area contributed by atoms with Gasteiger partial charge in [0, 0.05) is 6.61 Å². The fraction of sp³-hybridized carbons (Fsp3) is 0.579. The highest BCUT2D eigenvalue weighted by Crippen LogP contribution is 2.29. The van der Waals surface area contributed by atoms with Crippen molar-refractivity contribution in [2.75, 3.05) is 12.4 Å². The van der Waals surface area contributed by atoms with Gasteiger partial charge < -0.3 is 15.2 Å². The number of aromatic nitrogens is 3. The number of hydrogen-bond donors (Lipinski definition) is 2. The van der Waals surface area contributed by atoms with Gasteiger partial charge in [0.1, 0.15) is 6.04 Å². The molecule has 1 aliphatic rings. The number of nitrogens with zero attached hydrogens (tertiary/aromatic N) is 3. The van der Waals surface area contributed by atoms with Crippen molar-refractivity contribution < 1.29 is 19.4 Å². The molecule has 2 atom stereocenters. The Morgan fingerprint density at radius 2 is 2.28 bits per heavy atom. The van der Waals surface area contributed by atoms with Crippen molar-refractivity contribution in [1.82, 2.24) is 20.1 Å². The van der Waals surface area contributed by atoms with E-state index in [1.54, 1.807) is 11.3 Å². The maximum absolute atomic E-state index is 12.3. The van der Waals surface area contributed by atoms with E-state index in [4.69, 9.17) is 4.74 Å². The van der Waals surface area contributed by atoms with Crippen LogP contribution >= 0.6 is 23.1 Å². The molecule has 0 spiro atoms. The minimum Gasteiger partial charge on any atom is -0.480 e. The number of carbonyl (C=O) groups is 2. The second-order valence-corrected chi connectivity index (χ2v) is 9.30. The Kier molecular flexibility index (Phi) is 7.68. The minimum atomic E-state index is -1.02. The van der Waals surface area contributed by atoms with Gasteiger partial charge in [-0.1, -0.05) is 31.7 Å². The molecule has 3 heterocycles. The van der Waals surface area contributed by atoms with Crippen LogP contribution in [0.1, 0.15) is 33.1 Å². The van der Waals surface area contributed by atoms with Gasteiger partial charge in [0.25, 0.3) is 0 Å². The number of rotatable bonds is 10. The Hall–Kier alpha value is -1.91. The lowest BCUT2D eigenvalue weighted by Crippen LogP contribution is -2.42. The largest absolute Gasteiger partial charge is 0.480 e. The molecule has 0 aromatic carbocycles. The third-order valence-corrected chi connectivity index (χ3v) is 6.37. The summed E-state index contributed by atoms with van der Waals surface area (Å²) in [6.45, 7) is 5.25. The van der Waals surface area contributed by atoms with Gasteiger partial charge in [0.05, 0.1) is 23.3 Å². The molecule has 158 valence electrons. The lowest BCUT2D eigenvalue weighted by molar-refractivity contribution is -0.141. The van der Waals surface area contributed by atoms with Crippen molar-refractivity contribution in [2.24, 2.45) is 5.92 Å². The van der Waals surface area contributed by atoms with Crippen molar-refractivity contribution in [1.29, 1.82) is 0 Å². The zero-order chi connectivity index (χ0) is 20.8. The molecule has 0 unspecified atom stereocenters. The number of carboxylic acid groups (broad SMARTS) is 1. The lowest BCUT2D eigenvalue weighted by atomic mass is 10.0. The number of amides is 1. The van der Waals surface area contributed by atoms with Gasteiger partial charge in [-0.15, -0.1) is 21.5 Å². The molecule has 10 heteroatoms. The first-order chi connectivity index (χ1) is 13.9. The van der Waals surface area contributed by atoms with Gasteiger partial charge in [-0.05, 0) is 36.6 Å². The Labute approximate surface area is 178 Å². The third-order valence-electron chi connectivity index (χ3n) is 4.54.